The normalized spacial score (nSPS) is 28.4. The van der Waals surface area contributed by atoms with Gasteiger partial charge in [0.2, 0.25) is 5.91 Å². The smallest absolute Gasteiger partial charge is 0.221 e. The minimum absolute atomic E-state index is 0.0868. The number of ketones is 1. The molecule has 1 aliphatic rings. The lowest BCUT2D eigenvalue weighted by atomic mass is 9.76. The molecule has 2 atom stereocenters. The summed E-state index contributed by atoms with van der Waals surface area (Å²) in [5, 5.41) is 0. The van der Waals surface area contributed by atoms with Crippen LogP contribution in [0.4, 0.5) is 0 Å². The summed E-state index contributed by atoms with van der Waals surface area (Å²) in [5.74, 6) is -0.382. The van der Waals surface area contributed by atoms with Gasteiger partial charge in [0.15, 0.2) is 0 Å². The Bertz CT molecular complexity index is 213. The Morgan fingerprint density at radius 1 is 1.23 bits per heavy atom. The molecule has 0 aromatic heterocycles. The fourth-order valence-corrected chi connectivity index (χ4v) is 2.12. The molecule has 0 aromatic rings. The van der Waals surface area contributed by atoms with Gasteiger partial charge in [0.05, 0.1) is 0 Å². The Kier molecular flexibility index (Phi) is 3.46. The van der Waals surface area contributed by atoms with Crippen molar-refractivity contribution in [2.45, 2.75) is 39.0 Å². The van der Waals surface area contributed by atoms with Crippen molar-refractivity contribution < 1.29 is 9.59 Å². The third kappa shape index (κ3) is 2.29. The van der Waals surface area contributed by atoms with Crippen LogP contribution in [0.15, 0.2) is 0 Å². The first kappa shape index (κ1) is 10.2. The lowest BCUT2D eigenvalue weighted by Crippen LogP contribution is -2.36. The average molecular weight is 183 g/mol. The number of carbonyl (C=O) groups excluding carboxylic acids is 2. The van der Waals surface area contributed by atoms with E-state index >= 15 is 0 Å². The average Bonchev–Trinajstić information content (AvgIpc) is 2.16. The quantitative estimate of drug-likeness (QED) is 0.716. The molecule has 0 spiro atoms. The van der Waals surface area contributed by atoms with Gasteiger partial charge in [-0.05, 0) is 12.8 Å². The second-order valence-electron chi connectivity index (χ2n) is 3.72. The van der Waals surface area contributed by atoms with Crippen LogP contribution in [-0.2, 0) is 9.59 Å². The number of primary amides is 1. The summed E-state index contributed by atoms with van der Waals surface area (Å²) in [5.41, 5.74) is 5.26. The largest absolute Gasteiger partial charge is 0.369 e. The van der Waals surface area contributed by atoms with Crippen LogP contribution >= 0.6 is 0 Å². The van der Waals surface area contributed by atoms with Gasteiger partial charge in [0, 0.05) is 18.3 Å². The first-order valence-electron chi connectivity index (χ1n) is 4.98. The summed E-state index contributed by atoms with van der Waals surface area (Å²) in [6, 6.07) is 0. The number of hydrogen-bond acceptors (Lipinski definition) is 2. The minimum atomic E-state index is -0.300. The second-order valence-corrected chi connectivity index (χ2v) is 3.72. The van der Waals surface area contributed by atoms with Crippen molar-refractivity contribution in [2.24, 2.45) is 17.6 Å². The van der Waals surface area contributed by atoms with Crippen LogP contribution in [0.1, 0.15) is 39.0 Å². The van der Waals surface area contributed by atoms with Crippen LogP contribution in [0.5, 0.6) is 0 Å². The molecule has 0 aromatic carbocycles. The van der Waals surface area contributed by atoms with Gasteiger partial charge < -0.3 is 5.73 Å². The summed E-state index contributed by atoms with van der Waals surface area (Å²) in [6.07, 6.45) is 4.25. The van der Waals surface area contributed by atoms with Crippen molar-refractivity contribution in [3.63, 3.8) is 0 Å². The highest BCUT2D eigenvalue weighted by atomic mass is 16.1. The predicted octanol–water partition coefficient (Wildman–Crippen LogP) is 1.26. The number of rotatable bonds is 3. The van der Waals surface area contributed by atoms with E-state index in [9.17, 15) is 9.59 Å². The summed E-state index contributed by atoms with van der Waals surface area (Å²) in [6.45, 7) is 1.84. The predicted molar refractivity (Wildman–Crippen MR) is 49.9 cm³/mol. The zero-order valence-electron chi connectivity index (χ0n) is 8.08. The van der Waals surface area contributed by atoms with Gasteiger partial charge in [-0.25, -0.2) is 0 Å². The van der Waals surface area contributed by atoms with Gasteiger partial charge in [-0.2, -0.15) is 0 Å². The zero-order valence-corrected chi connectivity index (χ0v) is 8.08. The third-order valence-corrected chi connectivity index (χ3v) is 2.89. The van der Waals surface area contributed by atoms with Gasteiger partial charge in [-0.1, -0.05) is 19.8 Å². The first-order valence-corrected chi connectivity index (χ1v) is 4.98. The highest BCUT2D eigenvalue weighted by Crippen LogP contribution is 2.31. The molecule has 1 saturated carbocycles. The maximum absolute atomic E-state index is 11.5. The Hall–Kier alpha value is -0.860. The molecular weight excluding hydrogens is 166 g/mol. The van der Waals surface area contributed by atoms with E-state index in [1.165, 1.54) is 0 Å². The fourth-order valence-electron chi connectivity index (χ4n) is 2.12. The maximum atomic E-state index is 11.5. The molecule has 0 bridgehead atoms. The highest BCUT2D eigenvalue weighted by Gasteiger charge is 2.33. The Morgan fingerprint density at radius 3 is 2.23 bits per heavy atom. The van der Waals surface area contributed by atoms with E-state index in [0.717, 1.165) is 25.7 Å². The number of carbonyl (C=O) groups is 2. The first-order chi connectivity index (χ1) is 6.16. The molecule has 0 saturated heterocycles. The monoisotopic (exact) mass is 183 g/mol. The number of nitrogens with two attached hydrogens (primary N) is 1. The molecule has 1 amide bonds. The Balaban J connectivity index is 2.67. The molecule has 3 nitrogen and oxygen atoms in total. The van der Waals surface area contributed by atoms with Crippen LogP contribution in [0.2, 0.25) is 0 Å². The molecule has 0 radical (unpaired) electrons. The van der Waals surface area contributed by atoms with Crippen LogP contribution in [0, 0.1) is 11.8 Å². The molecule has 0 unspecified atom stereocenters. The van der Waals surface area contributed by atoms with Crippen LogP contribution < -0.4 is 5.73 Å². The lowest BCUT2D eigenvalue weighted by molar-refractivity contribution is -0.133. The van der Waals surface area contributed by atoms with E-state index in [2.05, 4.69) is 0 Å². The second kappa shape index (κ2) is 4.40. The Morgan fingerprint density at radius 2 is 1.77 bits per heavy atom. The van der Waals surface area contributed by atoms with Gasteiger partial charge in [-0.3, -0.25) is 9.59 Å². The minimum Gasteiger partial charge on any atom is -0.369 e. The molecule has 1 fully saturated rings. The van der Waals surface area contributed by atoms with E-state index in [4.69, 9.17) is 5.73 Å². The molecule has 1 aliphatic carbocycles. The van der Waals surface area contributed by atoms with Gasteiger partial charge in [0.1, 0.15) is 5.78 Å². The van der Waals surface area contributed by atoms with Crippen molar-refractivity contribution in [1.29, 1.82) is 0 Å². The van der Waals surface area contributed by atoms with E-state index in [1.54, 1.807) is 0 Å². The number of amides is 1. The molecule has 74 valence electrons. The summed E-state index contributed by atoms with van der Waals surface area (Å²) in [4.78, 5) is 22.5. The van der Waals surface area contributed by atoms with Crippen molar-refractivity contribution in [3.8, 4) is 0 Å². The van der Waals surface area contributed by atoms with Crippen LogP contribution in [0.25, 0.3) is 0 Å². The summed E-state index contributed by atoms with van der Waals surface area (Å²) in [7, 11) is 0. The van der Waals surface area contributed by atoms with Crippen LogP contribution in [-0.4, -0.2) is 11.7 Å². The number of Topliss-reactive ketones (excluding diaryl/α,β-unsaturated/α-hetero) is 1. The van der Waals surface area contributed by atoms with E-state index in [-0.39, 0.29) is 23.5 Å². The standard InChI is InChI=1S/C10H17NO2/c1-2-9(12)7-5-3-4-6-8(7)10(11)13/h7-8H,2-6H2,1H3,(H2,11,13)/t7-,8+/m1/s1. The van der Waals surface area contributed by atoms with Gasteiger partial charge in [0.25, 0.3) is 0 Å². The van der Waals surface area contributed by atoms with Gasteiger partial charge in [-0.15, -0.1) is 0 Å². The maximum Gasteiger partial charge on any atom is 0.221 e. The number of hydrogen-bond donors (Lipinski definition) is 1. The lowest BCUT2D eigenvalue weighted by Gasteiger charge is -2.27. The molecule has 3 heteroatoms. The van der Waals surface area contributed by atoms with Crippen molar-refractivity contribution in [2.75, 3.05) is 0 Å². The molecule has 0 aliphatic heterocycles. The molecule has 13 heavy (non-hydrogen) atoms. The fraction of sp³-hybridized carbons (Fsp3) is 0.800. The third-order valence-electron chi connectivity index (χ3n) is 2.89. The molecular formula is C10H17NO2. The zero-order chi connectivity index (χ0) is 9.84. The van der Waals surface area contributed by atoms with Crippen LogP contribution in [0.3, 0.4) is 0 Å². The topological polar surface area (TPSA) is 60.2 Å². The summed E-state index contributed by atoms with van der Waals surface area (Å²) < 4.78 is 0. The SMILES string of the molecule is CCC(=O)[C@@H]1CCCC[C@@H]1C(N)=O. The summed E-state index contributed by atoms with van der Waals surface area (Å²) >= 11 is 0. The highest BCUT2D eigenvalue weighted by molar-refractivity contribution is 5.88. The van der Waals surface area contributed by atoms with Crippen molar-refractivity contribution in [1.82, 2.24) is 0 Å². The van der Waals surface area contributed by atoms with E-state index < -0.39 is 0 Å². The van der Waals surface area contributed by atoms with E-state index in [0.29, 0.717) is 6.42 Å². The van der Waals surface area contributed by atoms with Crippen molar-refractivity contribution in [3.05, 3.63) is 0 Å². The Labute approximate surface area is 78.7 Å². The van der Waals surface area contributed by atoms with E-state index in [1.807, 2.05) is 6.92 Å². The van der Waals surface area contributed by atoms with Gasteiger partial charge >= 0.3 is 0 Å². The van der Waals surface area contributed by atoms with Crippen molar-refractivity contribution >= 4 is 11.7 Å². The molecule has 0 heterocycles. The molecule has 1 rings (SSSR count). The molecule has 2 N–H and O–H groups in total.